The second-order valence-corrected chi connectivity index (χ2v) is 3.48. The van der Waals surface area contributed by atoms with E-state index in [1.54, 1.807) is 12.1 Å². The van der Waals surface area contributed by atoms with Gasteiger partial charge in [-0.15, -0.1) is 0 Å². The lowest BCUT2D eigenvalue weighted by Gasteiger charge is -2.18. The molecule has 2 atom stereocenters. The Bertz CT molecular complexity index is 308. The SMILES string of the molecule is CCC(C)OC(C(=O)O)c1ccccc1. The van der Waals surface area contributed by atoms with Gasteiger partial charge in [-0.25, -0.2) is 4.79 Å². The van der Waals surface area contributed by atoms with E-state index in [2.05, 4.69) is 0 Å². The molecule has 0 aliphatic carbocycles. The van der Waals surface area contributed by atoms with Gasteiger partial charge in [0.05, 0.1) is 6.10 Å². The van der Waals surface area contributed by atoms with Gasteiger partial charge in [-0.3, -0.25) is 0 Å². The van der Waals surface area contributed by atoms with E-state index in [1.807, 2.05) is 32.0 Å². The first-order valence-electron chi connectivity index (χ1n) is 5.08. The fraction of sp³-hybridized carbons (Fsp3) is 0.417. The first-order chi connectivity index (χ1) is 7.15. The van der Waals surface area contributed by atoms with Crippen LogP contribution in [0.4, 0.5) is 0 Å². The molecule has 82 valence electrons. The third-order valence-electron chi connectivity index (χ3n) is 2.27. The van der Waals surface area contributed by atoms with Crippen molar-refractivity contribution in [2.45, 2.75) is 32.5 Å². The van der Waals surface area contributed by atoms with Crippen molar-refractivity contribution in [3.63, 3.8) is 0 Å². The number of ether oxygens (including phenoxy) is 1. The highest BCUT2D eigenvalue weighted by Crippen LogP contribution is 2.20. The predicted octanol–water partition coefficient (Wildman–Crippen LogP) is 2.63. The van der Waals surface area contributed by atoms with Gasteiger partial charge in [-0.1, -0.05) is 37.3 Å². The maximum absolute atomic E-state index is 11.0. The van der Waals surface area contributed by atoms with Gasteiger partial charge < -0.3 is 9.84 Å². The summed E-state index contributed by atoms with van der Waals surface area (Å²) < 4.78 is 5.45. The largest absolute Gasteiger partial charge is 0.479 e. The number of aliphatic carboxylic acids is 1. The second-order valence-electron chi connectivity index (χ2n) is 3.48. The third-order valence-corrected chi connectivity index (χ3v) is 2.27. The third kappa shape index (κ3) is 3.36. The van der Waals surface area contributed by atoms with Crippen LogP contribution in [-0.2, 0) is 9.53 Å². The molecule has 0 saturated heterocycles. The lowest BCUT2D eigenvalue weighted by atomic mass is 10.1. The highest BCUT2D eigenvalue weighted by Gasteiger charge is 2.21. The van der Waals surface area contributed by atoms with E-state index in [-0.39, 0.29) is 6.10 Å². The van der Waals surface area contributed by atoms with Crippen molar-refractivity contribution in [3.8, 4) is 0 Å². The Morgan fingerprint density at radius 2 is 2.00 bits per heavy atom. The molecular weight excluding hydrogens is 192 g/mol. The van der Waals surface area contributed by atoms with Crippen LogP contribution in [0.25, 0.3) is 0 Å². The molecule has 1 aromatic rings. The van der Waals surface area contributed by atoms with Gasteiger partial charge >= 0.3 is 5.97 Å². The van der Waals surface area contributed by atoms with Gasteiger partial charge in [-0.2, -0.15) is 0 Å². The van der Waals surface area contributed by atoms with Crippen molar-refractivity contribution < 1.29 is 14.6 Å². The number of benzene rings is 1. The second kappa shape index (κ2) is 5.51. The molecule has 0 saturated carbocycles. The van der Waals surface area contributed by atoms with Crippen molar-refractivity contribution in [2.75, 3.05) is 0 Å². The minimum atomic E-state index is -0.943. The van der Waals surface area contributed by atoms with Gasteiger partial charge in [0.15, 0.2) is 6.10 Å². The van der Waals surface area contributed by atoms with Crippen LogP contribution < -0.4 is 0 Å². The maximum atomic E-state index is 11.0. The number of rotatable bonds is 5. The topological polar surface area (TPSA) is 46.5 Å². The Kier molecular flexibility index (Phi) is 4.31. The normalized spacial score (nSPS) is 14.5. The zero-order valence-electron chi connectivity index (χ0n) is 9.01. The molecule has 0 spiro atoms. The Hall–Kier alpha value is -1.35. The van der Waals surface area contributed by atoms with Crippen molar-refractivity contribution in [1.29, 1.82) is 0 Å². The molecule has 0 fully saturated rings. The summed E-state index contributed by atoms with van der Waals surface area (Å²) in [5.74, 6) is -0.943. The molecule has 0 aliphatic rings. The molecule has 0 radical (unpaired) electrons. The Morgan fingerprint density at radius 1 is 1.40 bits per heavy atom. The Balaban J connectivity index is 2.80. The van der Waals surface area contributed by atoms with Crippen LogP contribution in [0.3, 0.4) is 0 Å². The van der Waals surface area contributed by atoms with E-state index in [9.17, 15) is 4.79 Å². The number of carbonyl (C=O) groups is 1. The molecular formula is C12H16O3. The van der Waals surface area contributed by atoms with Gasteiger partial charge in [0.1, 0.15) is 0 Å². The summed E-state index contributed by atoms with van der Waals surface area (Å²) in [4.78, 5) is 11.0. The van der Waals surface area contributed by atoms with Crippen LogP contribution >= 0.6 is 0 Å². The van der Waals surface area contributed by atoms with Crippen LogP contribution in [0, 0.1) is 0 Å². The zero-order valence-corrected chi connectivity index (χ0v) is 9.01. The molecule has 2 unspecified atom stereocenters. The van der Waals surface area contributed by atoms with Gasteiger partial charge in [-0.05, 0) is 18.9 Å². The predicted molar refractivity (Wildman–Crippen MR) is 57.7 cm³/mol. The molecule has 15 heavy (non-hydrogen) atoms. The minimum Gasteiger partial charge on any atom is -0.479 e. The smallest absolute Gasteiger partial charge is 0.337 e. The summed E-state index contributed by atoms with van der Waals surface area (Å²) in [6, 6.07) is 9.00. The molecule has 0 aliphatic heterocycles. The number of hydrogen-bond donors (Lipinski definition) is 1. The number of carboxylic acid groups (broad SMARTS) is 1. The summed E-state index contributed by atoms with van der Waals surface area (Å²) in [5.41, 5.74) is 0.685. The summed E-state index contributed by atoms with van der Waals surface area (Å²) >= 11 is 0. The summed E-state index contributed by atoms with van der Waals surface area (Å²) in [6.45, 7) is 3.84. The van der Waals surface area contributed by atoms with Gasteiger partial charge in [0.2, 0.25) is 0 Å². The van der Waals surface area contributed by atoms with E-state index in [1.165, 1.54) is 0 Å². The molecule has 0 aromatic heterocycles. The molecule has 1 N–H and O–H groups in total. The fourth-order valence-electron chi connectivity index (χ4n) is 1.24. The van der Waals surface area contributed by atoms with E-state index in [4.69, 9.17) is 9.84 Å². The quantitative estimate of drug-likeness (QED) is 0.809. The van der Waals surface area contributed by atoms with Gasteiger partial charge in [0, 0.05) is 0 Å². The average molecular weight is 208 g/mol. The molecule has 0 amide bonds. The van der Waals surface area contributed by atoms with Crippen LogP contribution in [0.5, 0.6) is 0 Å². The van der Waals surface area contributed by atoms with Crippen molar-refractivity contribution in [2.24, 2.45) is 0 Å². The minimum absolute atomic E-state index is 0.0497. The number of hydrogen-bond acceptors (Lipinski definition) is 2. The highest BCUT2D eigenvalue weighted by atomic mass is 16.5. The number of carboxylic acids is 1. The zero-order chi connectivity index (χ0) is 11.3. The van der Waals surface area contributed by atoms with Crippen LogP contribution in [0.2, 0.25) is 0 Å². The fourth-order valence-corrected chi connectivity index (χ4v) is 1.24. The molecule has 0 heterocycles. The van der Waals surface area contributed by atoms with Crippen LogP contribution in [-0.4, -0.2) is 17.2 Å². The maximum Gasteiger partial charge on any atom is 0.337 e. The van der Waals surface area contributed by atoms with E-state index in [0.717, 1.165) is 6.42 Å². The summed E-state index contributed by atoms with van der Waals surface area (Å²) in [6.07, 6.45) is -0.108. The van der Waals surface area contributed by atoms with Crippen molar-refractivity contribution >= 4 is 5.97 Å². The van der Waals surface area contributed by atoms with E-state index >= 15 is 0 Å². The first kappa shape index (κ1) is 11.7. The lowest BCUT2D eigenvalue weighted by molar-refractivity contribution is -0.154. The van der Waals surface area contributed by atoms with Gasteiger partial charge in [0.25, 0.3) is 0 Å². The van der Waals surface area contributed by atoms with E-state index in [0.29, 0.717) is 5.56 Å². The Labute approximate surface area is 89.7 Å². The Morgan fingerprint density at radius 3 is 2.47 bits per heavy atom. The average Bonchev–Trinajstić information content (AvgIpc) is 2.26. The molecule has 1 rings (SSSR count). The molecule has 3 heteroatoms. The van der Waals surface area contributed by atoms with Crippen LogP contribution in [0.1, 0.15) is 31.9 Å². The van der Waals surface area contributed by atoms with Crippen LogP contribution in [0.15, 0.2) is 30.3 Å². The molecule has 1 aromatic carbocycles. The molecule has 3 nitrogen and oxygen atoms in total. The monoisotopic (exact) mass is 208 g/mol. The standard InChI is InChI=1S/C12H16O3/c1-3-9(2)15-11(12(13)14)10-7-5-4-6-8-10/h4-9,11H,3H2,1-2H3,(H,13,14). The van der Waals surface area contributed by atoms with E-state index < -0.39 is 12.1 Å². The van der Waals surface area contributed by atoms with Crippen molar-refractivity contribution in [1.82, 2.24) is 0 Å². The lowest BCUT2D eigenvalue weighted by Crippen LogP contribution is -2.20. The summed E-state index contributed by atoms with van der Waals surface area (Å²) in [5, 5.41) is 9.05. The van der Waals surface area contributed by atoms with Crippen molar-refractivity contribution in [3.05, 3.63) is 35.9 Å². The highest BCUT2D eigenvalue weighted by molar-refractivity contribution is 5.74. The first-order valence-corrected chi connectivity index (χ1v) is 5.08. The molecule has 0 bridgehead atoms. The summed E-state index contributed by atoms with van der Waals surface area (Å²) in [7, 11) is 0.